The summed E-state index contributed by atoms with van der Waals surface area (Å²) in [6.07, 6.45) is -0.614. The van der Waals surface area contributed by atoms with Gasteiger partial charge in [0.05, 0.1) is 28.0 Å². The van der Waals surface area contributed by atoms with Crippen molar-refractivity contribution in [3.8, 4) is 0 Å². The summed E-state index contributed by atoms with van der Waals surface area (Å²) in [4.78, 5) is 9.46. The molecule has 1 fully saturated rings. The Kier molecular flexibility index (Phi) is 6.93. The Morgan fingerprint density at radius 2 is 1.71 bits per heavy atom. The van der Waals surface area contributed by atoms with E-state index in [0.29, 0.717) is 55.4 Å². The molecular formula is C31H28ClF3N6O. The third-order valence-corrected chi connectivity index (χ3v) is 8.15. The number of aliphatic hydroxyl groups is 1. The Labute approximate surface area is 245 Å². The first-order chi connectivity index (χ1) is 19.9. The van der Waals surface area contributed by atoms with Crippen molar-refractivity contribution < 1.29 is 18.3 Å². The van der Waals surface area contributed by atoms with Gasteiger partial charge in [0.1, 0.15) is 5.82 Å². The number of pyridine rings is 2. The lowest BCUT2D eigenvalue weighted by Crippen LogP contribution is -2.32. The van der Waals surface area contributed by atoms with E-state index in [2.05, 4.69) is 20.6 Å². The van der Waals surface area contributed by atoms with Crippen LogP contribution in [0.3, 0.4) is 0 Å². The maximum Gasteiger partial charge on any atom is 0.416 e. The first-order valence-corrected chi connectivity index (χ1v) is 13.9. The van der Waals surface area contributed by atoms with Gasteiger partial charge in [-0.15, -0.1) is 5.10 Å². The lowest BCUT2D eigenvalue weighted by molar-refractivity contribution is -0.137. The van der Waals surface area contributed by atoms with E-state index >= 15 is 0 Å². The summed E-state index contributed by atoms with van der Waals surface area (Å²) < 4.78 is 41.0. The lowest BCUT2D eigenvalue weighted by Gasteiger charge is -2.30. The normalized spacial score (nSPS) is 15.1. The van der Waals surface area contributed by atoms with Gasteiger partial charge in [0, 0.05) is 47.4 Å². The van der Waals surface area contributed by atoms with Crippen molar-refractivity contribution in [3.05, 3.63) is 111 Å². The summed E-state index contributed by atoms with van der Waals surface area (Å²) >= 11 is 7.10. The highest BCUT2D eigenvalue weighted by Gasteiger charge is 2.39. The molecule has 1 aliphatic carbocycles. The lowest BCUT2D eigenvalue weighted by atomic mass is 9.82. The second-order valence-electron chi connectivity index (χ2n) is 10.8. The molecule has 11 heteroatoms. The van der Waals surface area contributed by atoms with Gasteiger partial charge < -0.3 is 10.4 Å². The van der Waals surface area contributed by atoms with Crippen LogP contribution >= 0.6 is 11.6 Å². The molecule has 3 aromatic heterocycles. The molecule has 42 heavy (non-hydrogen) atoms. The molecular weight excluding hydrogens is 565 g/mol. The molecule has 0 bridgehead atoms. The van der Waals surface area contributed by atoms with Gasteiger partial charge in [-0.3, -0.25) is 4.98 Å². The van der Waals surface area contributed by atoms with E-state index in [1.807, 2.05) is 32.0 Å². The highest BCUT2D eigenvalue weighted by Crippen LogP contribution is 2.41. The highest BCUT2D eigenvalue weighted by molar-refractivity contribution is 6.36. The number of benzene rings is 2. The van der Waals surface area contributed by atoms with Crippen molar-refractivity contribution in [2.75, 3.05) is 5.32 Å². The molecule has 3 heterocycles. The second-order valence-corrected chi connectivity index (χ2v) is 11.2. The zero-order chi connectivity index (χ0) is 29.8. The van der Waals surface area contributed by atoms with Crippen LogP contribution in [0.25, 0.3) is 10.9 Å². The van der Waals surface area contributed by atoms with Gasteiger partial charge in [-0.1, -0.05) is 41.1 Å². The van der Waals surface area contributed by atoms with E-state index in [4.69, 9.17) is 16.6 Å². The number of rotatable bonds is 7. The maximum atomic E-state index is 13.2. The average molecular weight is 593 g/mol. The maximum absolute atomic E-state index is 13.2. The van der Waals surface area contributed by atoms with Gasteiger partial charge in [-0.25, -0.2) is 9.67 Å². The molecule has 1 unspecified atom stereocenters. The summed E-state index contributed by atoms with van der Waals surface area (Å²) in [5.41, 5.74) is 2.57. The second kappa shape index (κ2) is 10.4. The zero-order valence-corrected chi connectivity index (χ0v) is 23.9. The number of nitrogens with one attached hydrogen (secondary N) is 1. The number of nitrogens with zero attached hydrogens (tertiary/aromatic N) is 5. The summed E-state index contributed by atoms with van der Waals surface area (Å²) in [6.45, 7) is 3.72. The van der Waals surface area contributed by atoms with Gasteiger partial charge in [0.2, 0.25) is 0 Å². The molecule has 0 spiro atoms. The molecule has 0 amide bonds. The van der Waals surface area contributed by atoms with Crippen molar-refractivity contribution in [2.24, 2.45) is 7.05 Å². The summed E-state index contributed by atoms with van der Waals surface area (Å²) in [7, 11) is 1.71. The van der Waals surface area contributed by atoms with Crippen LogP contribution in [0.2, 0.25) is 5.02 Å². The fourth-order valence-corrected chi connectivity index (χ4v) is 5.64. The largest absolute Gasteiger partial charge is 0.416 e. The molecule has 2 N–H and O–H groups in total. The third kappa shape index (κ3) is 5.09. The number of alkyl halides is 3. The topological polar surface area (TPSA) is 88.8 Å². The van der Waals surface area contributed by atoms with Crippen LogP contribution in [0.5, 0.6) is 0 Å². The SMILES string of the molecule is Cc1ccc(C(O)(c2ccc3nc(NC4CC4)c(Cc4ccc(C(F)(F)F)cc4)c(Cl)c3c2)c2cnnn2C)c(C)n1. The van der Waals surface area contributed by atoms with Crippen LogP contribution < -0.4 is 5.32 Å². The Morgan fingerprint density at radius 1 is 1.00 bits per heavy atom. The Bertz CT molecular complexity index is 1800. The van der Waals surface area contributed by atoms with Crippen molar-refractivity contribution in [2.45, 2.75) is 50.9 Å². The summed E-state index contributed by atoms with van der Waals surface area (Å²) in [6, 6.07) is 14.4. The Balaban J connectivity index is 1.51. The summed E-state index contributed by atoms with van der Waals surface area (Å²) in [5, 5.41) is 25.0. The van der Waals surface area contributed by atoms with Crippen LogP contribution in [-0.2, 0) is 25.2 Å². The van der Waals surface area contributed by atoms with E-state index in [-0.39, 0.29) is 12.5 Å². The Hall–Kier alpha value is -4.02. The predicted octanol–water partition coefficient (Wildman–Crippen LogP) is 6.50. The molecule has 216 valence electrons. The van der Waals surface area contributed by atoms with Crippen LogP contribution in [0.15, 0.2) is 60.8 Å². The van der Waals surface area contributed by atoms with Gasteiger partial charge in [0.15, 0.2) is 5.60 Å². The van der Waals surface area contributed by atoms with Crippen LogP contribution in [0.4, 0.5) is 19.0 Å². The Morgan fingerprint density at radius 3 is 2.33 bits per heavy atom. The summed E-state index contributed by atoms with van der Waals surface area (Å²) in [5.74, 6) is 0.604. The molecule has 5 aromatic rings. The van der Waals surface area contributed by atoms with Crippen molar-refractivity contribution in [1.29, 1.82) is 0 Å². The fourth-order valence-electron chi connectivity index (χ4n) is 5.33. The fraction of sp³-hybridized carbons (Fsp3) is 0.290. The first-order valence-electron chi connectivity index (χ1n) is 13.5. The molecule has 1 aliphatic rings. The van der Waals surface area contributed by atoms with Crippen LogP contribution in [-0.4, -0.2) is 36.1 Å². The van der Waals surface area contributed by atoms with Crippen molar-refractivity contribution in [3.63, 3.8) is 0 Å². The minimum atomic E-state index is -4.42. The smallest absolute Gasteiger partial charge is 0.374 e. The highest BCUT2D eigenvalue weighted by atomic mass is 35.5. The van der Waals surface area contributed by atoms with E-state index in [1.54, 1.807) is 19.2 Å². The minimum absolute atomic E-state index is 0.274. The molecule has 0 radical (unpaired) electrons. The number of aromatic nitrogens is 5. The number of halogens is 4. The average Bonchev–Trinajstić information content (AvgIpc) is 3.66. The van der Waals surface area contributed by atoms with Crippen LogP contribution in [0.1, 0.15) is 57.7 Å². The minimum Gasteiger partial charge on any atom is -0.374 e. The van der Waals surface area contributed by atoms with Gasteiger partial charge in [-0.05, 0) is 68.1 Å². The van der Waals surface area contributed by atoms with Gasteiger partial charge in [-0.2, -0.15) is 13.2 Å². The third-order valence-electron chi connectivity index (χ3n) is 7.71. The van der Waals surface area contributed by atoms with E-state index in [0.717, 1.165) is 30.7 Å². The number of fused-ring (bicyclic) bond motifs is 1. The standard InChI is InChI=1S/C31H28ClF3N6O/c1-17-4-12-25(18(2)37-17)30(42,27-16-36-40-41(27)3)21-9-13-26-23(15-21)28(32)24(29(39-26)38-22-10-11-22)14-19-5-7-20(8-6-19)31(33,34)35/h4-9,12-13,15-16,22,42H,10-11,14H2,1-3H3,(H,38,39). The monoisotopic (exact) mass is 592 g/mol. The number of hydrogen-bond acceptors (Lipinski definition) is 6. The first kappa shape index (κ1) is 28.1. The van der Waals surface area contributed by atoms with Gasteiger partial charge >= 0.3 is 6.18 Å². The number of aryl methyl sites for hydroxylation is 3. The van der Waals surface area contributed by atoms with E-state index < -0.39 is 17.3 Å². The zero-order valence-electron chi connectivity index (χ0n) is 23.2. The molecule has 1 atom stereocenters. The van der Waals surface area contributed by atoms with E-state index in [9.17, 15) is 18.3 Å². The molecule has 6 rings (SSSR count). The van der Waals surface area contributed by atoms with Crippen molar-refractivity contribution in [1.82, 2.24) is 25.0 Å². The molecule has 2 aromatic carbocycles. The van der Waals surface area contributed by atoms with Gasteiger partial charge in [0.25, 0.3) is 0 Å². The number of hydrogen-bond donors (Lipinski definition) is 2. The number of anilines is 1. The van der Waals surface area contributed by atoms with E-state index in [1.165, 1.54) is 23.0 Å². The predicted molar refractivity (Wildman–Crippen MR) is 154 cm³/mol. The molecule has 7 nitrogen and oxygen atoms in total. The van der Waals surface area contributed by atoms with Crippen molar-refractivity contribution >= 4 is 28.3 Å². The molecule has 1 saturated carbocycles. The molecule has 0 saturated heterocycles. The molecule has 0 aliphatic heterocycles. The van der Waals surface area contributed by atoms with Crippen LogP contribution in [0, 0.1) is 13.8 Å². The quantitative estimate of drug-likeness (QED) is 0.224.